The molecule has 1 amide bonds. The normalized spacial score (nSPS) is 16.0. The van der Waals surface area contributed by atoms with Gasteiger partial charge in [0.05, 0.1) is 50.0 Å². The van der Waals surface area contributed by atoms with Gasteiger partial charge in [0.1, 0.15) is 12.0 Å². The number of methoxy groups -OCH3 is 1. The molecule has 2 atom stereocenters. The molecule has 1 aliphatic carbocycles. The number of aryl methyl sites for hydroxylation is 1. The maximum atomic E-state index is 13.0. The average molecular weight is 614 g/mol. The molecule has 0 bridgehead atoms. The van der Waals surface area contributed by atoms with Gasteiger partial charge in [0.2, 0.25) is 0 Å². The molecule has 4 heterocycles. The molecule has 1 aliphatic heterocycles. The van der Waals surface area contributed by atoms with Crippen molar-refractivity contribution in [3.05, 3.63) is 96.2 Å². The summed E-state index contributed by atoms with van der Waals surface area (Å²) in [6.45, 7) is 1.06. The number of amides is 1. The Kier molecular flexibility index (Phi) is 8.06. The minimum atomic E-state index is -0.491. The van der Waals surface area contributed by atoms with Crippen molar-refractivity contribution in [3.63, 3.8) is 0 Å². The quantitative estimate of drug-likeness (QED) is 0.166. The molecule has 1 unspecified atom stereocenters. The smallest absolute Gasteiger partial charge is 0.313 e. The second kappa shape index (κ2) is 12.6. The molecule has 0 saturated heterocycles. The predicted molar refractivity (Wildman–Crippen MR) is 173 cm³/mol. The minimum Gasteiger partial charge on any atom is -0.469 e. The molecule has 0 N–H and O–H groups in total. The van der Waals surface area contributed by atoms with E-state index in [1.165, 1.54) is 20.0 Å². The van der Waals surface area contributed by atoms with Crippen LogP contribution in [0.4, 0.5) is 5.69 Å². The van der Waals surface area contributed by atoms with Crippen molar-refractivity contribution in [2.24, 2.45) is 5.92 Å². The van der Waals surface area contributed by atoms with Crippen LogP contribution in [0.3, 0.4) is 0 Å². The SMILES string of the molecule is COC(=O)C(CCn1ccc2c(-c3cnn([C@H](CC#N)C4CCCC4)c3)ncnc21)c1ccc(N2Cc3ccccc3C2=O)cc1. The number of aromatic nitrogens is 5. The number of benzene rings is 2. The number of hydrogen-bond donors (Lipinski definition) is 0. The third-order valence-corrected chi connectivity index (χ3v) is 9.59. The fourth-order valence-corrected chi connectivity index (χ4v) is 7.15. The van der Waals surface area contributed by atoms with Gasteiger partial charge in [0.15, 0.2) is 0 Å². The summed E-state index contributed by atoms with van der Waals surface area (Å²) < 4.78 is 9.18. The van der Waals surface area contributed by atoms with Gasteiger partial charge in [0.25, 0.3) is 5.91 Å². The molecular formula is C36H35N7O3. The van der Waals surface area contributed by atoms with Gasteiger partial charge < -0.3 is 14.2 Å². The van der Waals surface area contributed by atoms with Crippen molar-refractivity contribution in [2.75, 3.05) is 12.0 Å². The molecule has 10 nitrogen and oxygen atoms in total. The molecule has 0 radical (unpaired) electrons. The van der Waals surface area contributed by atoms with Crippen LogP contribution in [0.1, 0.15) is 72.0 Å². The van der Waals surface area contributed by atoms with Crippen molar-refractivity contribution >= 4 is 28.6 Å². The molecule has 5 aromatic rings. The minimum absolute atomic E-state index is 0.0168. The van der Waals surface area contributed by atoms with E-state index >= 15 is 0 Å². The van der Waals surface area contributed by atoms with Crippen LogP contribution >= 0.6 is 0 Å². The molecule has 0 spiro atoms. The van der Waals surface area contributed by atoms with Crippen LogP contribution < -0.4 is 4.90 Å². The first-order valence-corrected chi connectivity index (χ1v) is 15.8. The largest absolute Gasteiger partial charge is 0.469 e. The lowest BCUT2D eigenvalue weighted by atomic mass is 9.95. The van der Waals surface area contributed by atoms with Gasteiger partial charge in [0, 0.05) is 41.1 Å². The monoisotopic (exact) mass is 613 g/mol. The number of carbonyl (C=O) groups excluding carboxylic acids is 2. The zero-order valence-corrected chi connectivity index (χ0v) is 25.7. The van der Waals surface area contributed by atoms with E-state index < -0.39 is 5.92 Å². The Hall–Kier alpha value is -5.30. The molecule has 46 heavy (non-hydrogen) atoms. The van der Waals surface area contributed by atoms with E-state index in [1.54, 1.807) is 11.2 Å². The van der Waals surface area contributed by atoms with E-state index in [0.717, 1.165) is 57.5 Å². The van der Waals surface area contributed by atoms with Crippen LogP contribution in [0.5, 0.6) is 0 Å². The first-order valence-electron chi connectivity index (χ1n) is 15.8. The van der Waals surface area contributed by atoms with Gasteiger partial charge in [-0.1, -0.05) is 43.2 Å². The van der Waals surface area contributed by atoms with Crippen LogP contribution in [-0.4, -0.2) is 43.3 Å². The molecule has 10 heteroatoms. The second-order valence-electron chi connectivity index (χ2n) is 12.2. The number of nitriles is 1. The maximum absolute atomic E-state index is 13.0. The summed E-state index contributed by atoms with van der Waals surface area (Å²) in [4.78, 5) is 36.9. The topological polar surface area (TPSA) is 119 Å². The zero-order valence-electron chi connectivity index (χ0n) is 25.7. The van der Waals surface area contributed by atoms with Crippen molar-refractivity contribution in [3.8, 4) is 17.3 Å². The summed E-state index contributed by atoms with van der Waals surface area (Å²) in [6.07, 6.45) is 13.0. The fraction of sp³-hybridized carbons (Fsp3) is 0.333. The van der Waals surface area contributed by atoms with E-state index in [2.05, 4.69) is 21.1 Å². The summed E-state index contributed by atoms with van der Waals surface area (Å²) in [5.41, 5.74) is 5.80. The number of rotatable bonds is 10. The van der Waals surface area contributed by atoms with E-state index in [4.69, 9.17) is 4.74 Å². The molecule has 1 fully saturated rings. The van der Waals surface area contributed by atoms with Crippen molar-refractivity contribution in [2.45, 2.75) is 63.6 Å². The van der Waals surface area contributed by atoms with Crippen LogP contribution in [0, 0.1) is 17.2 Å². The average Bonchev–Trinajstić information content (AvgIpc) is 3.92. The summed E-state index contributed by atoms with van der Waals surface area (Å²) in [5, 5.41) is 15.0. The Bertz CT molecular complexity index is 1930. The highest BCUT2D eigenvalue weighted by molar-refractivity contribution is 6.10. The summed E-state index contributed by atoms with van der Waals surface area (Å²) in [7, 11) is 1.41. The van der Waals surface area contributed by atoms with Gasteiger partial charge in [-0.15, -0.1) is 0 Å². The molecule has 232 valence electrons. The predicted octanol–water partition coefficient (Wildman–Crippen LogP) is 6.45. The number of carbonyl (C=O) groups is 2. The highest BCUT2D eigenvalue weighted by Crippen LogP contribution is 2.37. The second-order valence-corrected chi connectivity index (χ2v) is 12.2. The lowest BCUT2D eigenvalue weighted by Crippen LogP contribution is -2.23. The maximum Gasteiger partial charge on any atom is 0.313 e. The lowest BCUT2D eigenvalue weighted by Gasteiger charge is -2.21. The van der Waals surface area contributed by atoms with Gasteiger partial charge in [-0.25, -0.2) is 9.97 Å². The Labute approximate surface area is 267 Å². The van der Waals surface area contributed by atoms with E-state index in [1.807, 2.05) is 82.4 Å². The Morgan fingerprint density at radius 2 is 1.89 bits per heavy atom. The standard InChI is InChI=1S/C36H35N7O3/c1-46-36(45)30(24-10-12-28(13-11-24)42-21-26-8-4-5-9-29(26)35(42)44)15-18-41-19-16-31-33(38-23-39-34(31)41)27-20-40-43(22-27)32(14-17-37)25-6-2-3-7-25/h4-5,8-13,16,19-20,22-23,25,30,32H,2-3,6-7,14-15,18,21H2,1H3/t30?,32-/m1/s1. The van der Waals surface area contributed by atoms with E-state index in [0.29, 0.717) is 31.8 Å². The first-order chi connectivity index (χ1) is 22.6. The number of fused-ring (bicyclic) bond motifs is 2. The zero-order chi connectivity index (χ0) is 31.6. The number of hydrogen-bond acceptors (Lipinski definition) is 7. The Morgan fingerprint density at radius 3 is 2.65 bits per heavy atom. The van der Waals surface area contributed by atoms with Gasteiger partial charge in [-0.05, 0) is 60.6 Å². The first kappa shape index (κ1) is 29.4. The third-order valence-electron chi connectivity index (χ3n) is 9.59. The molecule has 2 aliphatic rings. The molecule has 3 aromatic heterocycles. The number of nitrogens with zero attached hydrogens (tertiary/aromatic N) is 7. The number of esters is 1. The van der Waals surface area contributed by atoms with Crippen LogP contribution in [0.2, 0.25) is 0 Å². The van der Waals surface area contributed by atoms with Crippen molar-refractivity contribution in [1.29, 1.82) is 5.26 Å². The summed E-state index contributed by atoms with van der Waals surface area (Å²) in [5.74, 6) is -0.351. The van der Waals surface area contributed by atoms with E-state index in [-0.39, 0.29) is 17.9 Å². The molecule has 1 saturated carbocycles. The number of anilines is 1. The highest BCUT2D eigenvalue weighted by Gasteiger charge is 2.30. The summed E-state index contributed by atoms with van der Waals surface area (Å²) >= 11 is 0. The highest BCUT2D eigenvalue weighted by atomic mass is 16.5. The molecular weight excluding hydrogens is 578 g/mol. The van der Waals surface area contributed by atoms with Gasteiger partial charge in [-0.2, -0.15) is 10.4 Å². The Morgan fingerprint density at radius 1 is 1.09 bits per heavy atom. The van der Waals surface area contributed by atoms with Crippen LogP contribution in [0.15, 0.2) is 79.5 Å². The molecule has 7 rings (SSSR count). The summed E-state index contributed by atoms with van der Waals surface area (Å²) in [6, 6.07) is 19.7. The molecule has 2 aromatic carbocycles. The third kappa shape index (κ3) is 5.42. The van der Waals surface area contributed by atoms with Crippen molar-refractivity contribution in [1.82, 2.24) is 24.3 Å². The van der Waals surface area contributed by atoms with Crippen LogP contribution in [-0.2, 0) is 22.6 Å². The number of ether oxygens (including phenoxy) is 1. The van der Waals surface area contributed by atoms with Gasteiger partial charge in [-0.3, -0.25) is 14.3 Å². The van der Waals surface area contributed by atoms with Crippen LogP contribution in [0.25, 0.3) is 22.3 Å². The van der Waals surface area contributed by atoms with Crippen molar-refractivity contribution < 1.29 is 14.3 Å². The van der Waals surface area contributed by atoms with Gasteiger partial charge >= 0.3 is 5.97 Å². The Balaban J connectivity index is 1.09. The fourth-order valence-electron chi connectivity index (χ4n) is 7.15. The van der Waals surface area contributed by atoms with E-state index in [9.17, 15) is 14.9 Å². The lowest BCUT2D eigenvalue weighted by molar-refractivity contribution is -0.142.